The molecule has 0 spiro atoms. The van der Waals surface area contributed by atoms with Gasteiger partial charge in [0.05, 0.1) is 36.8 Å². The van der Waals surface area contributed by atoms with Gasteiger partial charge in [-0.25, -0.2) is 23.8 Å². The van der Waals surface area contributed by atoms with Gasteiger partial charge >= 0.3 is 0 Å². The fraction of sp³-hybridized carbons (Fsp3) is 0.472. The molecule has 260 valence electrons. The number of hydrogen-bond acceptors (Lipinski definition) is 10. The molecule has 3 aromatic rings. The van der Waals surface area contributed by atoms with E-state index in [4.69, 9.17) is 9.57 Å². The molecule has 3 saturated heterocycles. The largest absolute Gasteiger partial charge is 0.494 e. The van der Waals surface area contributed by atoms with Crippen molar-refractivity contribution in [2.24, 2.45) is 0 Å². The van der Waals surface area contributed by atoms with Gasteiger partial charge in [0, 0.05) is 75.5 Å². The molecule has 1 atom stereocenters. The zero-order valence-corrected chi connectivity index (χ0v) is 27.9. The molecule has 0 unspecified atom stereocenters. The van der Waals surface area contributed by atoms with Crippen molar-refractivity contribution in [1.29, 1.82) is 0 Å². The fourth-order valence-electron chi connectivity index (χ4n) is 7.50. The van der Waals surface area contributed by atoms with Crippen LogP contribution in [0.5, 0.6) is 5.75 Å². The zero-order valence-electron chi connectivity index (χ0n) is 27.9. The minimum atomic E-state index is -0.911. The van der Waals surface area contributed by atoms with E-state index < -0.39 is 17.7 Å². The van der Waals surface area contributed by atoms with Crippen LogP contribution in [0.4, 0.5) is 37.5 Å². The van der Waals surface area contributed by atoms with Gasteiger partial charge in [-0.3, -0.25) is 19.4 Å². The molecule has 0 bridgehead atoms. The quantitative estimate of drug-likeness (QED) is 0.263. The van der Waals surface area contributed by atoms with Gasteiger partial charge < -0.3 is 20.3 Å². The summed E-state index contributed by atoms with van der Waals surface area (Å²) >= 11 is 0. The van der Waals surface area contributed by atoms with Gasteiger partial charge in [0.25, 0.3) is 0 Å². The summed E-state index contributed by atoms with van der Waals surface area (Å²) in [6, 6.07) is 10.4. The van der Waals surface area contributed by atoms with Crippen LogP contribution in [0.3, 0.4) is 0 Å². The van der Waals surface area contributed by atoms with Crippen LogP contribution < -0.4 is 25.3 Å². The highest BCUT2D eigenvalue weighted by Gasteiger charge is 2.34. The van der Waals surface area contributed by atoms with Crippen molar-refractivity contribution < 1.29 is 23.1 Å². The first kappa shape index (κ1) is 33.2. The van der Waals surface area contributed by atoms with Crippen molar-refractivity contribution in [2.45, 2.75) is 56.7 Å². The highest BCUT2D eigenvalue weighted by atomic mass is 19.2. The van der Waals surface area contributed by atoms with Gasteiger partial charge in [-0.1, -0.05) is 25.1 Å². The molecule has 2 N–H and O–H groups in total. The summed E-state index contributed by atoms with van der Waals surface area (Å²) < 4.78 is 34.6. The Morgan fingerprint density at radius 3 is 2.37 bits per heavy atom. The van der Waals surface area contributed by atoms with Crippen molar-refractivity contribution >= 4 is 34.6 Å². The van der Waals surface area contributed by atoms with Crippen molar-refractivity contribution in [3.8, 4) is 5.75 Å². The highest BCUT2D eigenvalue weighted by molar-refractivity contribution is 6.02. The lowest BCUT2D eigenvalue weighted by Crippen LogP contribution is -2.56. The first-order chi connectivity index (χ1) is 23.9. The van der Waals surface area contributed by atoms with Crippen LogP contribution in [0.15, 0.2) is 55.4 Å². The number of amides is 1. The van der Waals surface area contributed by atoms with Gasteiger partial charge in [-0.05, 0) is 43.9 Å². The molecule has 3 aliphatic heterocycles. The SMILES string of the molecule is C=CC(=O)Nc1cc(Nc2cc(N3OCC[C@@H]3c3cccc(F)c3F)ncn2)c(OC)cc1N1CCC(N2CCN(C3CCC3)CC2)CC1. The third-order valence-corrected chi connectivity index (χ3v) is 10.4. The van der Waals surface area contributed by atoms with E-state index in [1.165, 1.54) is 55.9 Å². The number of aromatic nitrogens is 2. The molecule has 4 fully saturated rings. The Morgan fingerprint density at radius 2 is 1.69 bits per heavy atom. The van der Waals surface area contributed by atoms with Gasteiger partial charge in [-0.2, -0.15) is 0 Å². The number of anilines is 5. The van der Waals surface area contributed by atoms with E-state index in [9.17, 15) is 13.6 Å². The number of halogens is 2. The molecular formula is C36H44F2N8O3. The number of hydroxylamine groups is 1. The average Bonchev–Trinajstić information content (AvgIpc) is 3.59. The summed E-state index contributed by atoms with van der Waals surface area (Å²) in [5, 5.41) is 7.77. The van der Waals surface area contributed by atoms with Crippen LogP contribution in [0.1, 0.15) is 50.1 Å². The second kappa shape index (κ2) is 14.7. The molecule has 49 heavy (non-hydrogen) atoms. The normalized spacial score (nSPS) is 21.0. The van der Waals surface area contributed by atoms with Gasteiger partial charge in [-0.15, -0.1) is 0 Å². The van der Waals surface area contributed by atoms with Gasteiger partial charge in [0.2, 0.25) is 5.91 Å². The lowest BCUT2D eigenvalue weighted by Gasteiger charge is -2.46. The predicted molar refractivity (Wildman–Crippen MR) is 185 cm³/mol. The maximum Gasteiger partial charge on any atom is 0.247 e. The zero-order chi connectivity index (χ0) is 33.9. The Morgan fingerprint density at radius 1 is 0.959 bits per heavy atom. The van der Waals surface area contributed by atoms with E-state index in [1.54, 1.807) is 19.2 Å². The van der Waals surface area contributed by atoms with Crippen molar-refractivity contribution in [2.75, 3.05) is 73.6 Å². The topological polar surface area (TPSA) is 98.3 Å². The van der Waals surface area contributed by atoms with Crippen molar-refractivity contribution in [3.05, 3.63) is 72.6 Å². The smallest absolute Gasteiger partial charge is 0.247 e. The molecule has 11 nitrogen and oxygen atoms in total. The maximum absolute atomic E-state index is 14.7. The Kier molecular flexibility index (Phi) is 9.92. The van der Waals surface area contributed by atoms with Crippen LogP contribution in [0.25, 0.3) is 0 Å². The van der Waals surface area contributed by atoms with Crippen LogP contribution >= 0.6 is 0 Å². The van der Waals surface area contributed by atoms with Crippen molar-refractivity contribution in [3.63, 3.8) is 0 Å². The molecule has 1 aliphatic carbocycles. The first-order valence-electron chi connectivity index (χ1n) is 17.3. The van der Waals surface area contributed by atoms with Crippen LogP contribution in [-0.2, 0) is 9.63 Å². The van der Waals surface area contributed by atoms with E-state index in [0.717, 1.165) is 56.8 Å². The summed E-state index contributed by atoms with van der Waals surface area (Å²) in [7, 11) is 1.60. The molecule has 0 radical (unpaired) electrons. The van der Waals surface area contributed by atoms with E-state index in [1.807, 2.05) is 12.1 Å². The second-order valence-electron chi connectivity index (χ2n) is 13.1. The fourth-order valence-corrected chi connectivity index (χ4v) is 7.50. The monoisotopic (exact) mass is 674 g/mol. The molecule has 7 rings (SSSR count). The van der Waals surface area contributed by atoms with E-state index in [-0.39, 0.29) is 11.5 Å². The predicted octanol–water partition coefficient (Wildman–Crippen LogP) is 5.65. The summed E-state index contributed by atoms with van der Waals surface area (Å²) in [6.45, 7) is 10.3. The first-order valence-corrected chi connectivity index (χ1v) is 17.3. The number of carbonyl (C=O) groups is 1. The number of rotatable bonds is 10. The van der Waals surface area contributed by atoms with Gasteiger partial charge in [0.1, 0.15) is 17.9 Å². The Hall–Kier alpha value is -4.33. The highest BCUT2D eigenvalue weighted by Crippen LogP contribution is 2.41. The number of nitrogens with zero attached hydrogens (tertiary/aromatic N) is 6. The number of nitrogens with one attached hydrogen (secondary N) is 2. The number of ether oxygens (including phenoxy) is 1. The van der Waals surface area contributed by atoms with Gasteiger partial charge in [0.15, 0.2) is 17.5 Å². The molecule has 1 saturated carbocycles. The number of benzene rings is 2. The third kappa shape index (κ3) is 7.06. The molecule has 4 heterocycles. The molecule has 1 amide bonds. The second-order valence-corrected chi connectivity index (χ2v) is 13.1. The third-order valence-electron chi connectivity index (χ3n) is 10.4. The summed E-state index contributed by atoms with van der Waals surface area (Å²) in [5.41, 5.74) is 2.27. The minimum Gasteiger partial charge on any atom is -0.494 e. The summed E-state index contributed by atoms with van der Waals surface area (Å²) in [6.07, 6.45) is 9.26. The molecule has 4 aliphatic rings. The van der Waals surface area contributed by atoms with E-state index in [0.29, 0.717) is 47.8 Å². The Labute approximate surface area is 285 Å². The average molecular weight is 675 g/mol. The maximum atomic E-state index is 14.7. The number of piperidine rings is 1. The molecular weight excluding hydrogens is 630 g/mol. The molecule has 1 aromatic heterocycles. The summed E-state index contributed by atoms with van der Waals surface area (Å²) in [5.74, 6) is -0.761. The Balaban J connectivity index is 1.07. The molecule has 2 aromatic carbocycles. The lowest BCUT2D eigenvalue weighted by atomic mass is 9.91. The number of carbonyl (C=O) groups excluding carboxylic acids is 1. The standard InChI is InChI=1S/C36H44F2N8O3/c1-3-35(47)42-28-20-29(41-33-22-34(40-23-39-33)46-30(12-19-49-46)26-8-5-9-27(37)36(26)38)32(48-2)21-31(28)45-13-10-25(11-14-45)44-17-15-43(16-18-44)24-6-4-7-24/h3,5,8-9,20-25,30H,1,4,6-7,10-19H2,2H3,(H,42,47)(H,39,40,41)/t30-/m1/s1. The number of hydrogen-bond donors (Lipinski definition) is 2. The van der Waals surface area contributed by atoms with E-state index in [2.05, 4.69) is 41.9 Å². The lowest BCUT2D eigenvalue weighted by molar-refractivity contribution is -0.111. The van der Waals surface area contributed by atoms with E-state index >= 15 is 0 Å². The number of methoxy groups -OCH3 is 1. The minimum absolute atomic E-state index is 0.195. The summed E-state index contributed by atoms with van der Waals surface area (Å²) in [4.78, 5) is 34.8. The van der Waals surface area contributed by atoms with Crippen LogP contribution in [-0.4, -0.2) is 90.7 Å². The van der Waals surface area contributed by atoms with Crippen LogP contribution in [0.2, 0.25) is 0 Å². The molecule has 13 heteroatoms. The Bertz CT molecular complexity index is 1660. The van der Waals surface area contributed by atoms with Crippen molar-refractivity contribution in [1.82, 2.24) is 19.8 Å². The van der Waals surface area contributed by atoms with Crippen LogP contribution in [0, 0.1) is 11.6 Å². The number of piperazine rings is 1.